The van der Waals surface area contributed by atoms with Gasteiger partial charge in [-0.15, -0.1) is 0 Å². The molecule has 2 aromatic carbocycles. The summed E-state index contributed by atoms with van der Waals surface area (Å²) in [5.41, 5.74) is 2.53. The summed E-state index contributed by atoms with van der Waals surface area (Å²) >= 11 is 0. The van der Waals surface area contributed by atoms with Crippen molar-refractivity contribution in [3.63, 3.8) is 0 Å². The average molecular weight is 378 g/mol. The van der Waals surface area contributed by atoms with Crippen molar-refractivity contribution in [3.05, 3.63) is 65.9 Å². The molecule has 0 aliphatic rings. The van der Waals surface area contributed by atoms with Gasteiger partial charge in [0.25, 0.3) is 0 Å². The number of carbonyl (C=O) groups is 1. The number of methoxy groups -OCH3 is 2. The van der Waals surface area contributed by atoms with Crippen LogP contribution in [0.2, 0.25) is 0 Å². The topological polar surface area (TPSA) is 85.4 Å². The molecule has 144 valence electrons. The molecule has 0 atom stereocenters. The Morgan fingerprint density at radius 2 is 1.75 bits per heavy atom. The van der Waals surface area contributed by atoms with Gasteiger partial charge >= 0.3 is 0 Å². The number of hydrogen-bond acceptors (Lipinski definition) is 7. The Bertz CT molecular complexity index is 958. The summed E-state index contributed by atoms with van der Waals surface area (Å²) in [5.74, 6) is 2.55. The molecule has 0 bridgehead atoms. The maximum absolute atomic E-state index is 11.4. The Hall–Kier alpha value is -3.61. The van der Waals surface area contributed by atoms with Crippen molar-refractivity contribution in [2.45, 2.75) is 13.5 Å². The molecule has 1 aromatic heterocycles. The molecule has 0 fully saturated rings. The third-order valence-corrected chi connectivity index (χ3v) is 4.12. The fourth-order valence-electron chi connectivity index (χ4n) is 2.62. The first kappa shape index (κ1) is 19.2. The molecular formula is C21H22N4O3. The van der Waals surface area contributed by atoms with Crippen LogP contribution < -0.4 is 20.1 Å². The zero-order valence-electron chi connectivity index (χ0n) is 16.0. The normalized spacial score (nSPS) is 10.2. The molecule has 7 nitrogen and oxygen atoms in total. The van der Waals surface area contributed by atoms with E-state index in [1.54, 1.807) is 45.5 Å². The van der Waals surface area contributed by atoms with E-state index in [0.717, 1.165) is 11.3 Å². The monoisotopic (exact) mass is 378 g/mol. The second kappa shape index (κ2) is 8.85. The first-order chi connectivity index (χ1) is 13.6. The summed E-state index contributed by atoms with van der Waals surface area (Å²) in [4.78, 5) is 20.1. The van der Waals surface area contributed by atoms with Crippen LogP contribution in [0.15, 0.2) is 54.7 Å². The van der Waals surface area contributed by atoms with E-state index >= 15 is 0 Å². The van der Waals surface area contributed by atoms with Crippen molar-refractivity contribution in [1.82, 2.24) is 9.97 Å². The molecule has 3 aromatic rings. The largest absolute Gasteiger partial charge is 0.493 e. The zero-order valence-corrected chi connectivity index (χ0v) is 16.0. The Balaban J connectivity index is 1.65. The summed E-state index contributed by atoms with van der Waals surface area (Å²) in [5, 5.41) is 6.40. The highest BCUT2D eigenvalue weighted by Crippen LogP contribution is 2.27. The molecule has 7 heteroatoms. The van der Waals surface area contributed by atoms with Gasteiger partial charge in [0.15, 0.2) is 17.3 Å². The highest BCUT2D eigenvalue weighted by Gasteiger charge is 2.06. The van der Waals surface area contributed by atoms with E-state index in [9.17, 15) is 4.79 Å². The molecule has 0 amide bonds. The Labute approximate surface area is 163 Å². The van der Waals surface area contributed by atoms with Crippen LogP contribution in [0.1, 0.15) is 22.8 Å². The van der Waals surface area contributed by atoms with E-state index in [4.69, 9.17) is 9.47 Å². The minimum absolute atomic E-state index is 0.0373. The molecule has 0 radical (unpaired) electrons. The maximum atomic E-state index is 11.4. The van der Waals surface area contributed by atoms with Crippen LogP contribution in [0.3, 0.4) is 0 Å². The molecule has 3 rings (SSSR count). The summed E-state index contributed by atoms with van der Waals surface area (Å²) in [6.45, 7) is 2.08. The molecule has 0 aliphatic heterocycles. The standard InChI is InChI=1S/C21H22N4O3/c1-14(26)16-5-7-17(8-6-16)24-20-10-11-22-21(25-20)23-13-15-4-9-18(27-2)19(12-15)28-3/h4-12H,13H2,1-3H3,(H2,22,23,24,25). The Morgan fingerprint density at radius 3 is 2.43 bits per heavy atom. The second-order valence-electron chi connectivity index (χ2n) is 6.07. The van der Waals surface area contributed by atoms with Gasteiger partial charge in [0.05, 0.1) is 14.2 Å². The third kappa shape index (κ3) is 4.76. The van der Waals surface area contributed by atoms with Gasteiger partial charge in [-0.05, 0) is 55.0 Å². The number of ether oxygens (including phenoxy) is 2. The summed E-state index contributed by atoms with van der Waals surface area (Å²) in [6, 6.07) is 14.7. The minimum Gasteiger partial charge on any atom is -0.493 e. The van der Waals surface area contributed by atoms with E-state index in [-0.39, 0.29) is 5.78 Å². The highest BCUT2D eigenvalue weighted by atomic mass is 16.5. The van der Waals surface area contributed by atoms with Gasteiger partial charge in [0.1, 0.15) is 5.82 Å². The predicted octanol–water partition coefficient (Wildman–Crippen LogP) is 4.05. The van der Waals surface area contributed by atoms with E-state index in [1.165, 1.54) is 0 Å². The second-order valence-corrected chi connectivity index (χ2v) is 6.07. The first-order valence-electron chi connectivity index (χ1n) is 8.75. The number of nitrogens with one attached hydrogen (secondary N) is 2. The number of rotatable bonds is 8. The van der Waals surface area contributed by atoms with Crippen LogP contribution in [0.25, 0.3) is 0 Å². The molecule has 0 spiro atoms. The zero-order chi connectivity index (χ0) is 19.9. The van der Waals surface area contributed by atoms with E-state index < -0.39 is 0 Å². The van der Waals surface area contributed by atoms with Crippen LogP contribution in [0.4, 0.5) is 17.5 Å². The first-order valence-corrected chi connectivity index (χ1v) is 8.75. The fourth-order valence-corrected chi connectivity index (χ4v) is 2.62. The van der Waals surface area contributed by atoms with Crippen LogP contribution >= 0.6 is 0 Å². The predicted molar refractivity (Wildman–Crippen MR) is 109 cm³/mol. The molecule has 1 heterocycles. The number of carbonyl (C=O) groups excluding carboxylic acids is 1. The number of Topliss-reactive ketones (excluding diaryl/α,β-unsaturated/α-hetero) is 1. The van der Waals surface area contributed by atoms with Gasteiger partial charge in [-0.1, -0.05) is 6.07 Å². The van der Waals surface area contributed by atoms with Gasteiger partial charge in [-0.2, -0.15) is 4.98 Å². The summed E-state index contributed by atoms with van der Waals surface area (Å²) in [6.07, 6.45) is 1.68. The SMILES string of the molecule is COc1ccc(CNc2nccc(Nc3ccc(C(C)=O)cc3)n2)cc1OC. The van der Waals surface area contributed by atoms with Gasteiger partial charge in [-0.25, -0.2) is 4.98 Å². The van der Waals surface area contributed by atoms with E-state index in [1.807, 2.05) is 30.3 Å². The van der Waals surface area contributed by atoms with E-state index in [0.29, 0.717) is 35.4 Å². The smallest absolute Gasteiger partial charge is 0.224 e. The van der Waals surface area contributed by atoms with Gasteiger partial charge in [-0.3, -0.25) is 4.79 Å². The van der Waals surface area contributed by atoms with Crippen molar-refractivity contribution in [3.8, 4) is 11.5 Å². The lowest BCUT2D eigenvalue weighted by molar-refractivity contribution is 0.101. The van der Waals surface area contributed by atoms with E-state index in [2.05, 4.69) is 20.6 Å². The average Bonchev–Trinajstić information content (AvgIpc) is 2.72. The number of nitrogens with zero attached hydrogens (tertiary/aromatic N) is 2. The summed E-state index contributed by atoms with van der Waals surface area (Å²) < 4.78 is 10.6. The van der Waals surface area contributed by atoms with Crippen molar-refractivity contribution in [1.29, 1.82) is 0 Å². The molecule has 2 N–H and O–H groups in total. The quantitative estimate of drug-likeness (QED) is 0.572. The molecule has 0 unspecified atom stereocenters. The molecule has 0 aliphatic carbocycles. The van der Waals surface area contributed by atoms with Crippen molar-refractivity contribution in [2.75, 3.05) is 24.9 Å². The number of benzene rings is 2. The number of anilines is 3. The number of hydrogen-bond donors (Lipinski definition) is 2. The highest BCUT2D eigenvalue weighted by molar-refractivity contribution is 5.94. The molecule has 0 saturated heterocycles. The molecule has 0 saturated carbocycles. The van der Waals surface area contributed by atoms with Crippen LogP contribution in [-0.2, 0) is 6.54 Å². The van der Waals surface area contributed by atoms with Gasteiger partial charge in [0, 0.05) is 24.0 Å². The lowest BCUT2D eigenvalue weighted by Crippen LogP contribution is -2.05. The fraction of sp³-hybridized carbons (Fsp3) is 0.190. The minimum atomic E-state index is 0.0373. The van der Waals surface area contributed by atoms with Crippen molar-refractivity contribution >= 4 is 23.2 Å². The van der Waals surface area contributed by atoms with Crippen LogP contribution in [0.5, 0.6) is 11.5 Å². The van der Waals surface area contributed by atoms with Crippen molar-refractivity contribution in [2.24, 2.45) is 0 Å². The van der Waals surface area contributed by atoms with Gasteiger partial charge < -0.3 is 20.1 Å². The molecular weight excluding hydrogens is 356 g/mol. The summed E-state index contributed by atoms with van der Waals surface area (Å²) in [7, 11) is 3.21. The number of aromatic nitrogens is 2. The Morgan fingerprint density at radius 1 is 1.00 bits per heavy atom. The third-order valence-electron chi connectivity index (χ3n) is 4.12. The van der Waals surface area contributed by atoms with Crippen LogP contribution in [0, 0.1) is 0 Å². The number of ketones is 1. The maximum Gasteiger partial charge on any atom is 0.224 e. The van der Waals surface area contributed by atoms with Gasteiger partial charge in [0.2, 0.25) is 5.95 Å². The lowest BCUT2D eigenvalue weighted by atomic mass is 10.1. The Kier molecular flexibility index (Phi) is 6.06. The van der Waals surface area contributed by atoms with Crippen molar-refractivity contribution < 1.29 is 14.3 Å². The molecule has 28 heavy (non-hydrogen) atoms. The lowest BCUT2D eigenvalue weighted by Gasteiger charge is -2.11. The van der Waals surface area contributed by atoms with Crippen LogP contribution in [-0.4, -0.2) is 30.0 Å².